The Kier molecular flexibility index (Phi) is 4.63. The molecule has 0 aliphatic heterocycles. The third kappa shape index (κ3) is 3.42. The summed E-state index contributed by atoms with van der Waals surface area (Å²) in [6.45, 7) is 2.15. The summed E-state index contributed by atoms with van der Waals surface area (Å²) < 4.78 is 1.73. The van der Waals surface area contributed by atoms with Gasteiger partial charge >= 0.3 is 0 Å². The number of hydrogen-bond acceptors (Lipinski definition) is 4. The van der Waals surface area contributed by atoms with Crippen LogP contribution in [0.2, 0.25) is 0 Å². The molecule has 2 aromatic carbocycles. The molecular weight excluding hydrogens is 334 g/mol. The lowest BCUT2D eigenvalue weighted by Crippen LogP contribution is -2.04. The first-order chi connectivity index (χ1) is 13.3. The summed E-state index contributed by atoms with van der Waals surface area (Å²) >= 11 is 0. The van der Waals surface area contributed by atoms with Gasteiger partial charge in [-0.05, 0) is 34.7 Å². The van der Waals surface area contributed by atoms with Gasteiger partial charge in [0.15, 0.2) is 0 Å². The van der Waals surface area contributed by atoms with Crippen molar-refractivity contribution in [2.45, 2.75) is 26.2 Å². The maximum Gasteiger partial charge on any atom is 0.252 e. The van der Waals surface area contributed by atoms with Crippen LogP contribution in [0.1, 0.15) is 35.7 Å². The van der Waals surface area contributed by atoms with E-state index in [0.29, 0.717) is 11.3 Å². The van der Waals surface area contributed by atoms with Crippen molar-refractivity contribution in [3.05, 3.63) is 83.4 Å². The Balaban J connectivity index is 1.65. The number of rotatable bonds is 5. The number of nitriles is 1. The van der Waals surface area contributed by atoms with E-state index in [1.54, 1.807) is 4.52 Å². The Hall–Kier alpha value is -3.52. The van der Waals surface area contributed by atoms with E-state index >= 15 is 0 Å². The van der Waals surface area contributed by atoms with Gasteiger partial charge in [-0.1, -0.05) is 55.8 Å². The van der Waals surface area contributed by atoms with E-state index in [1.807, 2.05) is 30.5 Å². The van der Waals surface area contributed by atoms with Gasteiger partial charge in [0.1, 0.15) is 6.33 Å². The predicted octanol–water partition coefficient (Wildman–Crippen LogP) is 4.21. The van der Waals surface area contributed by atoms with Gasteiger partial charge in [0.2, 0.25) is 0 Å². The molecule has 0 aliphatic carbocycles. The van der Waals surface area contributed by atoms with Gasteiger partial charge in [-0.25, -0.2) is 9.50 Å². The normalized spacial score (nSPS) is 10.8. The monoisotopic (exact) mass is 353 g/mol. The summed E-state index contributed by atoms with van der Waals surface area (Å²) in [6.07, 6.45) is 6.31. The molecule has 0 N–H and O–H groups in total. The average molecular weight is 353 g/mol. The maximum absolute atomic E-state index is 9.31. The first-order valence-corrected chi connectivity index (χ1v) is 9.05. The summed E-state index contributed by atoms with van der Waals surface area (Å²) in [6, 6.07) is 18.3. The third-order valence-corrected chi connectivity index (χ3v) is 4.63. The second-order valence-corrected chi connectivity index (χ2v) is 6.50. The van der Waals surface area contributed by atoms with Crippen LogP contribution >= 0.6 is 0 Å². The zero-order valence-corrected chi connectivity index (χ0v) is 15.1. The largest absolute Gasteiger partial charge is 0.252 e. The van der Waals surface area contributed by atoms with Gasteiger partial charge in [0, 0.05) is 18.3 Å². The number of aryl methyl sites for hydroxylation is 1. The van der Waals surface area contributed by atoms with E-state index in [9.17, 15) is 5.26 Å². The molecule has 0 unspecified atom stereocenters. The Morgan fingerprint density at radius 3 is 2.67 bits per heavy atom. The van der Waals surface area contributed by atoms with E-state index in [0.717, 1.165) is 36.1 Å². The summed E-state index contributed by atoms with van der Waals surface area (Å²) in [4.78, 5) is 8.85. The van der Waals surface area contributed by atoms with Gasteiger partial charge in [0.05, 0.1) is 11.6 Å². The van der Waals surface area contributed by atoms with Crippen LogP contribution in [0.4, 0.5) is 0 Å². The zero-order chi connectivity index (χ0) is 18.6. The molecule has 27 heavy (non-hydrogen) atoms. The molecule has 0 atom stereocenters. The first kappa shape index (κ1) is 16.9. The second kappa shape index (κ2) is 7.38. The Morgan fingerprint density at radius 1 is 1.07 bits per heavy atom. The van der Waals surface area contributed by atoms with Gasteiger partial charge in [-0.2, -0.15) is 15.3 Å². The summed E-state index contributed by atoms with van der Waals surface area (Å²) in [5.74, 6) is 0.644. The minimum Gasteiger partial charge on any atom is -0.216 e. The highest BCUT2D eigenvalue weighted by atomic mass is 15.3. The minimum absolute atomic E-state index is 0.644. The van der Waals surface area contributed by atoms with Crippen molar-refractivity contribution < 1.29 is 0 Å². The van der Waals surface area contributed by atoms with Crippen LogP contribution in [0.25, 0.3) is 16.9 Å². The predicted molar refractivity (Wildman–Crippen MR) is 104 cm³/mol. The second-order valence-electron chi connectivity index (χ2n) is 6.50. The fourth-order valence-corrected chi connectivity index (χ4v) is 3.29. The van der Waals surface area contributed by atoms with Crippen molar-refractivity contribution in [1.29, 1.82) is 5.26 Å². The molecule has 132 valence electrons. The van der Waals surface area contributed by atoms with Crippen LogP contribution < -0.4 is 0 Å². The highest BCUT2D eigenvalue weighted by molar-refractivity contribution is 5.70. The van der Waals surface area contributed by atoms with E-state index in [1.165, 1.54) is 17.5 Å². The van der Waals surface area contributed by atoms with Crippen molar-refractivity contribution in [1.82, 2.24) is 19.6 Å². The molecular formula is C22H19N5. The molecule has 2 heterocycles. The Bertz CT molecular complexity index is 1120. The van der Waals surface area contributed by atoms with Gasteiger partial charge in [0.25, 0.3) is 5.78 Å². The van der Waals surface area contributed by atoms with Crippen molar-refractivity contribution in [3.63, 3.8) is 0 Å². The third-order valence-electron chi connectivity index (χ3n) is 4.63. The number of fused-ring (bicyclic) bond motifs is 1. The number of benzene rings is 2. The molecule has 0 bridgehead atoms. The smallest absolute Gasteiger partial charge is 0.216 e. The van der Waals surface area contributed by atoms with Crippen LogP contribution in [0.5, 0.6) is 0 Å². The fraction of sp³-hybridized carbons (Fsp3) is 0.182. The van der Waals surface area contributed by atoms with Crippen molar-refractivity contribution in [3.8, 4) is 17.2 Å². The molecule has 0 spiro atoms. The Labute approximate surface area is 158 Å². The van der Waals surface area contributed by atoms with Gasteiger partial charge < -0.3 is 0 Å². The molecule has 5 heteroatoms. The van der Waals surface area contributed by atoms with Crippen LogP contribution in [-0.2, 0) is 12.8 Å². The topological polar surface area (TPSA) is 66.9 Å². The van der Waals surface area contributed by atoms with Crippen LogP contribution in [0, 0.1) is 11.3 Å². The van der Waals surface area contributed by atoms with E-state index in [2.05, 4.69) is 52.3 Å². The Morgan fingerprint density at radius 2 is 1.89 bits per heavy atom. The standard InChI is InChI=1S/C22H19N5/c1-2-5-21-19(14-27-22(26-21)24-15-25-27)12-16-8-10-17(11-9-16)20-7-4-3-6-18(20)13-23/h3-4,6-11,14-15H,2,5,12H2,1H3. The highest BCUT2D eigenvalue weighted by Crippen LogP contribution is 2.24. The summed E-state index contributed by atoms with van der Waals surface area (Å²) in [5, 5.41) is 13.5. The lowest BCUT2D eigenvalue weighted by atomic mass is 9.97. The molecule has 4 aromatic rings. The van der Waals surface area contributed by atoms with Crippen molar-refractivity contribution in [2.24, 2.45) is 0 Å². The average Bonchev–Trinajstić information content (AvgIpc) is 3.16. The van der Waals surface area contributed by atoms with Gasteiger partial charge in [-0.15, -0.1) is 0 Å². The van der Waals surface area contributed by atoms with E-state index in [4.69, 9.17) is 0 Å². The van der Waals surface area contributed by atoms with Crippen LogP contribution in [0.3, 0.4) is 0 Å². The molecule has 0 radical (unpaired) electrons. The lowest BCUT2D eigenvalue weighted by Gasteiger charge is -2.10. The van der Waals surface area contributed by atoms with Gasteiger partial charge in [-0.3, -0.25) is 0 Å². The van der Waals surface area contributed by atoms with Crippen LogP contribution in [0.15, 0.2) is 61.1 Å². The quantitative estimate of drug-likeness (QED) is 0.539. The fourth-order valence-electron chi connectivity index (χ4n) is 3.29. The van der Waals surface area contributed by atoms with E-state index in [-0.39, 0.29) is 0 Å². The lowest BCUT2D eigenvalue weighted by molar-refractivity contribution is 0.829. The summed E-state index contributed by atoms with van der Waals surface area (Å²) in [7, 11) is 0. The highest BCUT2D eigenvalue weighted by Gasteiger charge is 2.10. The molecule has 0 amide bonds. The number of aromatic nitrogens is 4. The number of nitrogens with zero attached hydrogens (tertiary/aromatic N) is 5. The first-order valence-electron chi connectivity index (χ1n) is 9.05. The van der Waals surface area contributed by atoms with E-state index < -0.39 is 0 Å². The molecule has 5 nitrogen and oxygen atoms in total. The minimum atomic E-state index is 0.644. The molecule has 0 saturated carbocycles. The molecule has 4 rings (SSSR count). The maximum atomic E-state index is 9.31. The SMILES string of the molecule is CCCc1nc2ncnn2cc1Cc1ccc(-c2ccccc2C#N)cc1. The molecule has 0 saturated heterocycles. The number of hydrogen-bond donors (Lipinski definition) is 0. The zero-order valence-electron chi connectivity index (χ0n) is 15.1. The van der Waals surface area contributed by atoms with Crippen LogP contribution in [-0.4, -0.2) is 19.6 Å². The molecule has 2 aromatic heterocycles. The molecule has 0 fully saturated rings. The van der Waals surface area contributed by atoms with Crippen molar-refractivity contribution >= 4 is 5.78 Å². The molecule has 0 aliphatic rings. The van der Waals surface area contributed by atoms with Crippen molar-refractivity contribution in [2.75, 3.05) is 0 Å². The summed E-state index contributed by atoms with van der Waals surface area (Å²) in [5.41, 5.74) is 6.15.